The van der Waals surface area contributed by atoms with Gasteiger partial charge in [0.2, 0.25) is 0 Å². The molecule has 128 valence electrons. The average molecular weight is 320 g/mol. The summed E-state index contributed by atoms with van der Waals surface area (Å²) < 4.78 is 13.2. The second-order valence-corrected chi connectivity index (χ2v) is 6.94. The van der Waals surface area contributed by atoms with E-state index in [2.05, 4.69) is 15.5 Å². The molecule has 1 N–H and O–H groups in total. The maximum Gasteiger partial charge on any atom is 0.117 e. The van der Waals surface area contributed by atoms with Crippen molar-refractivity contribution in [2.45, 2.75) is 45.6 Å². The van der Waals surface area contributed by atoms with Gasteiger partial charge in [-0.15, -0.1) is 0 Å². The van der Waals surface area contributed by atoms with Crippen LogP contribution in [0.3, 0.4) is 0 Å². The van der Waals surface area contributed by atoms with Crippen LogP contribution in [0.15, 0.2) is 41.1 Å². The molecule has 0 aliphatic heterocycles. The van der Waals surface area contributed by atoms with Crippen LogP contribution in [0.2, 0.25) is 0 Å². The SMILES string of the molecule is Cn1cccc1CN(Cc1ccco1)CC(O)COC(C)(C)C. The largest absolute Gasteiger partial charge is 0.468 e. The van der Waals surface area contributed by atoms with Gasteiger partial charge in [-0.05, 0) is 45.0 Å². The lowest BCUT2D eigenvalue weighted by Crippen LogP contribution is -2.36. The maximum atomic E-state index is 10.3. The molecule has 5 heteroatoms. The zero-order chi connectivity index (χ0) is 16.9. The fourth-order valence-corrected chi connectivity index (χ4v) is 2.39. The highest BCUT2D eigenvalue weighted by molar-refractivity contribution is 5.07. The minimum Gasteiger partial charge on any atom is -0.468 e. The van der Waals surface area contributed by atoms with Gasteiger partial charge >= 0.3 is 0 Å². The number of hydrogen-bond acceptors (Lipinski definition) is 4. The monoisotopic (exact) mass is 320 g/mol. The molecule has 0 spiro atoms. The van der Waals surface area contributed by atoms with E-state index in [9.17, 15) is 5.11 Å². The van der Waals surface area contributed by atoms with Crippen LogP contribution < -0.4 is 0 Å². The molecule has 0 radical (unpaired) electrons. The molecule has 0 aliphatic carbocycles. The van der Waals surface area contributed by atoms with Gasteiger partial charge in [0.1, 0.15) is 5.76 Å². The molecule has 5 nitrogen and oxygen atoms in total. The van der Waals surface area contributed by atoms with E-state index in [-0.39, 0.29) is 5.60 Å². The Kier molecular flexibility index (Phi) is 6.04. The van der Waals surface area contributed by atoms with Gasteiger partial charge in [-0.25, -0.2) is 0 Å². The fraction of sp³-hybridized carbons (Fsp3) is 0.556. The summed E-state index contributed by atoms with van der Waals surface area (Å²) >= 11 is 0. The number of aliphatic hydroxyl groups excluding tert-OH is 1. The standard InChI is InChI=1S/C18H28N2O3/c1-18(2,3)23-14-16(21)12-20(13-17-8-6-10-22-17)11-15-7-5-9-19(15)4/h5-10,16,21H,11-14H2,1-4H3. The molecule has 0 aromatic carbocycles. The third-order valence-corrected chi connectivity index (χ3v) is 3.57. The van der Waals surface area contributed by atoms with E-state index in [1.807, 2.05) is 52.2 Å². The number of furan rings is 1. The first-order chi connectivity index (χ1) is 10.8. The maximum absolute atomic E-state index is 10.3. The van der Waals surface area contributed by atoms with E-state index in [1.54, 1.807) is 6.26 Å². The Bertz CT molecular complexity index is 569. The Balaban J connectivity index is 1.96. The van der Waals surface area contributed by atoms with Gasteiger partial charge in [-0.3, -0.25) is 4.90 Å². The number of hydrogen-bond donors (Lipinski definition) is 1. The van der Waals surface area contributed by atoms with Gasteiger partial charge in [0.05, 0.1) is 31.1 Å². The second-order valence-electron chi connectivity index (χ2n) is 6.94. The first-order valence-corrected chi connectivity index (χ1v) is 8.00. The summed E-state index contributed by atoms with van der Waals surface area (Å²) in [5, 5.41) is 10.3. The number of aliphatic hydroxyl groups is 1. The summed E-state index contributed by atoms with van der Waals surface area (Å²) in [5.74, 6) is 0.892. The van der Waals surface area contributed by atoms with Crippen LogP contribution in [-0.2, 0) is 24.9 Å². The molecule has 0 amide bonds. The number of nitrogens with zero attached hydrogens (tertiary/aromatic N) is 2. The zero-order valence-corrected chi connectivity index (χ0v) is 14.5. The molecule has 2 aromatic heterocycles. The average Bonchev–Trinajstić information content (AvgIpc) is 3.09. The van der Waals surface area contributed by atoms with Crippen molar-refractivity contribution in [2.24, 2.45) is 7.05 Å². The van der Waals surface area contributed by atoms with Crippen molar-refractivity contribution >= 4 is 0 Å². The molecule has 2 aromatic rings. The van der Waals surface area contributed by atoms with Crippen LogP contribution in [0.1, 0.15) is 32.2 Å². The van der Waals surface area contributed by atoms with E-state index >= 15 is 0 Å². The van der Waals surface area contributed by atoms with Crippen molar-refractivity contribution in [3.05, 3.63) is 48.2 Å². The fourth-order valence-electron chi connectivity index (χ4n) is 2.39. The first kappa shape index (κ1) is 17.8. The molecule has 0 fully saturated rings. The Morgan fingerprint density at radius 1 is 1.26 bits per heavy atom. The van der Waals surface area contributed by atoms with Crippen LogP contribution in [0.25, 0.3) is 0 Å². The zero-order valence-electron chi connectivity index (χ0n) is 14.5. The van der Waals surface area contributed by atoms with E-state index in [1.165, 1.54) is 5.69 Å². The van der Waals surface area contributed by atoms with Gasteiger partial charge in [-0.1, -0.05) is 0 Å². The molecular weight excluding hydrogens is 292 g/mol. The van der Waals surface area contributed by atoms with Crippen molar-refractivity contribution in [1.29, 1.82) is 0 Å². The second kappa shape index (κ2) is 7.81. The van der Waals surface area contributed by atoms with Crippen LogP contribution >= 0.6 is 0 Å². The summed E-state index contributed by atoms with van der Waals surface area (Å²) in [6, 6.07) is 7.96. The van der Waals surface area contributed by atoms with Gasteiger partial charge in [0, 0.05) is 32.0 Å². The van der Waals surface area contributed by atoms with Gasteiger partial charge < -0.3 is 18.8 Å². The molecule has 2 rings (SSSR count). The summed E-state index contributed by atoms with van der Waals surface area (Å²) in [7, 11) is 2.03. The molecule has 1 atom stereocenters. The predicted octanol–water partition coefficient (Wildman–Crippen LogP) is 2.80. The van der Waals surface area contributed by atoms with Crippen molar-refractivity contribution in [3.8, 4) is 0 Å². The third kappa shape index (κ3) is 6.22. The quantitative estimate of drug-likeness (QED) is 0.812. The van der Waals surface area contributed by atoms with Crippen LogP contribution in [0.5, 0.6) is 0 Å². The molecule has 0 saturated carbocycles. The molecule has 23 heavy (non-hydrogen) atoms. The summed E-state index contributed by atoms with van der Waals surface area (Å²) in [4.78, 5) is 2.17. The number of rotatable bonds is 8. The molecule has 0 saturated heterocycles. The summed E-state index contributed by atoms with van der Waals surface area (Å²) in [6.07, 6.45) is 3.17. The van der Waals surface area contributed by atoms with Gasteiger partial charge in [0.25, 0.3) is 0 Å². The topological polar surface area (TPSA) is 50.8 Å². The minimum atomic E-state index is -0.538. The van der Waals surface area contributed by atoms with Crippen molar-refractivity contribution < 1.29 is 14.3 Å². The van der Waals surface area contributed by atoms with Crippen LogP contribution in [0, 0.1) is 0 Å². The Labute approximate surface area is 138 Å². The minimum absolute atomic E-state index is 0.245. The normalized spacial score (nSPS) is 13.7. The van der Waals surface area contributed by atoms with E-state index in [0.717, 1.165) is 12.3 Å². The van der Waals surface area contributed by atoms with Crippen molar-refractivity contribution in [1.82, 2.24) is 9.47 Å². The smallest absolute Gasteiger partial charge is 0.117 e. The van der Waals surface area contributed by atoms with E-state index in [0.29, 0.717) is 19.7 Å². The highest BCUT2D eigenvalue weighted by atomic mass is 16.5. The lowest BCUT2D eigenvalue weighted by Gasteiger charge is -2.27. The lowest BCUT2D eigenvalue weighted by atomic mass is 10.2. The molecular formula is C18H28N2O3. The molecule has 0 aliphatic rings. The Morgan fingerprint density at radius 2 is 2.04 bits per heavy atom. The van der Waals surface area contributed by atoms with Gasteiger partial charge in [0.15, 0.2) is 0 Å². The summed E-state index contributed by atoms with van der Waals surface area (Å²) in [5.41, 5.74) is 0.950. The molecule has 1 unspecified atom stereocenters. The Hall–Kier alpha value is -1.56. The highest BCUT2D eigenvalue weighted by Gasteiger charge is 2.18. The highest BCUT2D eigenvalue weighted by Crippen LogP contribution is 2.13. The van der Waals surface area contributed by atoms with Crippen LogP contribution in [0.4, 0.5) is 0 Å². The number of aryl methyl sites for hydroxylation is 1. The molecule has 2 heterocycles. The third-order valence-electron chi connectivity index (χ3n) is 3.57. The number of ether oxygens (including phenoxy) is 1. The predicted molar refractivity (Wildman–Crippen MR) is 89.9 cm³/mol. The first-order valence-electron chi connectivity index (χ1n) is 8.00. The van der Waals surface area contributed by atoms with Crippen molar-refractivity contribution in [3.63, 3.8) is 0 Å². The molecule has 0 bridgehead atoms. The summed E-state index contributed by atoms with van der Waals surface area (Å²) in [6.45, 7) is 8.23. The Morgan fingerprint density at radius 3 is 2.61 bits per heavy atom. The van der Waals surface area contributed by atoms with Crippen molar-refractivity contribution in [2.75, 3.05) is 13.2 Å². The van der Waals surface area contributed by atoms with E-state index < -0.39 is 6.10 Å². The lowest BCUT2D eigenvalue weighted by molar-refractivity contribution is -0.0577. The van der Waals surface area contributed by atoms with Crippen LogP contribution in [-0.4, -0.2) is 39.4 Å². The van der Waals surface area contributed by atoms with E-state index in [4.69, 9.17) is 9.15 Å². The number of aromatic nitrogens is 1. The van der Waals surface area contributed by atoms with Gasteiger partial charge in [-0.2, -0.15) is 0 Å².